The van der Waals surface area contributed by atoms with Crippen molar-refractivity contribution >= 4 is 54.3 Å². The van der Waals surface area contributed by atoms with E-state index in [0.29, 0.717) is 6.54 Å². The van der Waals surface area contributed by atoms with E-state index in [-0.39, 0.29) is 67.0 Å². The lowest BCUT2D eigenvalue weighted by atomic mass is 10.0. The van der Waals surface area contributed by atoms with Gasteiger partial charge in [0.25, 0.3) is 17.7 Å². The number of halogens is 2. The smallest absolute Gasteiger partial charge is 0.266 e. The Labute approximate surface area is 221 Å². The van der Waals surface area contributed by atoms with Gasteiger partial charge in [0.15, 0.2) is 6.61 Å². The highest BCUT2D eigenvalue weighted by Crippen LogP contribution is 2.33. The van der Waals surface area contributed by atoms with Crippen LogP contribution in [0.5, 0.6) is 5.75 Å². The van der Waals surface area contributed by atoms with Crippen LogP contribution in [0.1, 0.15) is 46.4 Å². The van der Waals surface area contributed by atoms with E-state index in [0.717, 1.165) is 50.5 Å². The Morgan fingerprint density at radius 3 is 2.53 bits per heavy atom. The summed E-state index contributed by atoms with van der Waals surface area (Å²) < 4.78 is 5.58. The molecule has 1 atom stereocenters. The number of ether oxygens (including phenoxy) is 1. The normalized spacial score (nSPS) is 19.7. The second-order valence-corrected chi connectivity index (χ2v) is 8.56. The van der Waals surface area contributed by atoms with Gasteiger partial charge in [0.05, 0.1) is 11.1 Å². The maximum atomic E-state index is 13.0. The molecule has 0 radical (unpaired) electrons. The molecule has 0 saturated carbocycles. The first-order valence-corrected chi connectivity index (χ1v) is 11.6. The van der Waals surface area contributed by atoms with Crippen molar-refractivity contribution < 1.29 is 28.7 Å². The van der Waals surface area contributed by atoms with E-state index in [1.165, 1.54) is 12.1 Å². The van der Waals surface area contributed by atoms with Crippen LogP contribution in [0, 0.1) is 0 Å². The summed E-state index contributed by atoms with van der Waals surface area (Å²) in [5, 5.41) is 8.29. The Hall–Kier alpha value is -2.73. The van der Waals surface area contributed by atoms with Crippen molar-refractivity contribution in [3.8, 4) is 5.75 Å². The zero-order valence-electron chi connectivity index (χ0n) is 19.7. The van der Waals surface area contributed by atoms with E-state index in [1.54, 1.807) is 6.07 Å². The lowest BCUT2D eigenvalue weighted by Crippen LogP contribution is -2.54. The van der Waals surface area contributed by atoms with E-state index < -0.39 is 29.7 Å². The SMILES string of the molecule is Cl.Cl.O=C(COc1cccc2c1C(=O)N(C1CCC(=O)NC1=O)C2=O)NCCCCN1CCNCC1. The number of amides is 5. The number of carbonyl (C=O) groups is 5. The van der Waals surface area contributed by atoms with E-state index in [9.17, 15) is 24.0 Å². The fraction of sp³-hybridized carbons (Fsp3) is 0.522. The van der Waals surface area contributed by atoms with Crippen LogP contribution in [-0.2, 0) is 14.4 Å². The maximum absolute atomic E-state index is 13.0. The van der Waals surface area contributed by atoms with Crippen LogP contribution >= 0.6 is 24.8 Å². The van der Waals surface area contributed by atoms with Gasteiger partial charge in [0, 0.05) is 39.1 Å². The number of hydrogen-bond acceptors (Lipinski definition) is 8. The first-order chi connectivity index (χ1) is 16.5. The molecule has 4 rings (SSSR count). The molecule has 11 nitrogen and oxygen atoms in total. The zero-order valence-corrected chi connectivity index (χ0v) is 21.4. The minimum atomic E-state index is -1.05. The number of hydrogen-bond donors (Lipinski definition) is 3. The molecular weight excluding hydrogens is 513 g/mol. The number of rotatable bonds is 9. The standard InChI is InChI=1S/C23H29N5O6.2ClH/c29-18-7-6-16(21(31)26-18)28-22(32)15-4-3-5-17(20(15)23(28)33)34-14-19(30)25-8-1-2-11-27-12-9-24-10-13-27;;/h3-5,16,24H,1-2,6-14H2,(H,25,30)(H,26,29,31);2*1H. The van der Waals surface area contributed by atoms with E-state index >= 15 is 0 Å². The second kappa shape index (κ2) is 13.5. The van der Waals surface area contributed by atoms with Gasteiger partial charge in [0.2, 0.25) is 11.8 Å². The highest BCUT2D eigenvalue weighted by molar-refractivity contribution is 6.24. The van der Waals surface area contributed by atoms with Gasteiger partial charge in [-0.05, 0) is 37.9 Å². The van der Waals surface area contributed by atoms with Crippen LogP contribution in [0.15, 0.2) is 18.2 Å². The number of nitrogens with zero attached hydrogens (tertiary/aromatic N) is 2. The number of nitrogens with one attached hydrogen (secondary N) is 3. The topological polar surface area (TPSA) is 137 Å². The third kappa shape index (κ3) is 6.73. The average molecular weight is 544 g/mol. The number of unbranched alkanes of at least 4 members (excludes halogenated alkanes) is 1. The number of carbonyl (C=O) groups excluding carboxylic acids is 5. The van der Waals surface area contributed by atoms with E-state index in [2.05, 4.69) is 20.9 Å². The van der Waals surface area contributed by atoms with Crippen LogP contribution in [0.25, 0.3) is 0 Å². The van der Waals surface area contributed by atoms with Crippen molar-refractivity contribution in [2.75, 3.05) is 45.9 Å². The zero-order chi connectivity index (χ0) is 24.1. The summed E-state index contributed by atoms with van der Waals surface area (Å²) in [5.41, 5.74) is 0.140. The summed E-state index contributed by atoms with van der Waals surface area (Å²) in [7, 11) is 0. The summed E-state index contributed by atoms with van der Waals surface area (Å²) in [5.74, 6) is -2.60. The molecule has 5 amide bonds. The first-order valence-electron chi connectivity index (χ1n) is 11.6. The van der Waals surface area contributed by atoms with Crippen LogP contribution in [0.4, 0.5) is 0 Å². The third-order valence-electron chi connectivity index (χ3n) is 6.22. The molecule has 2 saturated heterocycles. The molecule has 13 heteroatoms. The Kier molecular flexibility index (Phi) is 11.1. The lowest BCUT2D eigenvalue weighted by Gasteiger charge is -2.27. The van der Waals surface area contributed by atoms with Gasteiger partial charge in [-0.25, -0.2) is 0 Å². The first kappa shape index (κ1) is 29.5. The summed E-state index contributed by atoms with van der Waals surface area (Å²) >= 11 is 0. The van der Waals surface area contributed by atoms with Gasteiger partial charge >= 0.3 is 0 Å². The quantitative estimate of drug-likeness (QED) is 0.295. The van der Waals surface area contributed by atoms with Crippen molar-refractivity contribution in [2.24, 2.45) is 0 Å². The van der Waals surface area contributed by atoms with Crippen molar-refractivity contribution in [2.45, 2.75) is 31.7 Å². The Balaban J connectivity index is 0.00000228. The molecular formula is C23H31Cl2N5O6. The molecule has 0 aromatic heterocycles. The molecule has 198 valence electrons. The molecule has 0 bridgehead atoms. The molecule has 2 fully saturated rings. The molecule has 3 heterocycles. The molecule has 3 aliphatic heterocycles. The van der Waals surface area contributed by atoms with Crippen LogP contribution in [0.3, 0.4) is 0 Å². The van der Waals surface area contributed by atoms with Gasteiger partial charge in [-0.15, -0.1) is 24.8 Å². The monoisotopic (exact) mass is 543 g/mol. The maximum Gasteiger partial charge on any atom is 0.266 e. The Morgan fingerprint density at radius 2 is 1.81 bits per heavy atom. The fourth-order valence-electron chi connectivity index (χ4n) is 4.42. The van der Waals surface area contributed by atoms with Crippen LogP contribution in [0.2, 0.25) is 0 Å². The Bertz CT molecular complexity index is 1000. The predicted molar refractivity (Wildman–Crippen MR) is 135 cm³/mol. The van der Waals surface area contributed by atoms with Gasteiger partial charge in [-0.2, -0.15) is 0 Å². The third-order valence-corrected chi connectivity index (χ3v) is 6.22. The molecule has 0 spiro atoms. The molecule has 3 N–H and O–H groups in total. The number of piperidine rings is 1. The molecule has 3 aliphatic rings. The van der Waals surface area contributed by atoms with Crippen LogP contribution < -0.4 is 20.7 Å². The molecule has 1 aromatic rings. The van der Waals surface area contributed by atoms with Crippen molar-refractivity contribution in [1.29, 1.82) is 0 Å². The Morgan fingerprint density at radius 1 is 1.06 bits per heavy atom. The number of piperazine rings is 1. The molecule has 36 heavy (non-hydrogen) atoms. The second-order valence-electron chi connectivity index (χ2n) is 8.56. The minimum absolute atomic E-state index is 0. The van der Waals surface area contributed by atoms with Crippen molar-refractivity contribution in [3.63, 3.8) is 0 Å². The number of fused-ring (bicyclic) bond motifs is 1. The molecule has 1 unspecified atom stereocenters. The van der Waals surface area contributed by atoms with Crippen molar-refractivity contribution in [3.05, 3.63) is 29.3 Å². The van der Waals surface area contributed by atoms with E-state index in [4.69, 9.17) is 4.74 Å². The summed E-state index contributed by atoms with van der Waals surface area (Å²) in [6.45, 7) is 5.35. The van der Waals surface area contributed by atoms with Gasteiger partial charge < -0.3 is 20.3 Å². The summed E-state index contributed by atoms with van der Waals surface area (Å²) in [4.78, 5) is 65.0. The van der Waals surface area contributed by atoms with Gasteiger partial charge in [-0.3, -0.25) is 34.2 Å². The summed E-state index contributed by atoms with van der Waals surface area (Å²) in [6, 6.07) is 3.50. The average Bonchev–Trinajstić information content (AvgIpc) is 3.09. The van der Waals surface area contributed by atoms with E-state index in [1.807, 2.05) is 0 Å². The highest BCUT2D eigenvalue weighted by Gasteiger charge is 2.46. The molecule has 0 aliphatic carbocycles. The molecule has 1 aromatic carbocycles. The number of benzene rings is 1. The summed E-state index contributed by atoms with van der Waals surface area (Å²) in [6.07, 6.45) is 1.95. The van der Waals surface area contributed by atoms with Crippen molar-refractivity contribution in [1.82, 2.24) is 25.8 Å². The van der Waals surface area contributed by atoms with Gasteiger partial charge in [-0.1, -0.05) is 6.07 Å². The lowest BCUT2D eigenvalue weighted by molar-refractivity contribution is -0.136. The van der Waals surface area contributed by atoms with Crippen LogP contribution in [-0.4, -0.2) is 91.3 Å². The highest BCUT2D eigenvalue weighted by atomic mass is 35.5. The predicted octanol–water partition coefficient (Wildman–Crippen LogP) is 0.112. The minimum Gasteiger partial charge on any atom is -0.483 e. The number of imide groups is 2. The fourth-order valence-corrected chi connectivity index (χ4v) is 4.42. The van der Waals surface area contributed by atoms with Gasteiger partial charge in [0.1, 0.15) is 11.8 Å². The largest absolute Gasteiger partial charge is 0.483 e.